The Morgan fingerprint density at radius 1 is 1.79 bits per heavy atom. The van der Waals surface area contributed by atoms with Crippen molar-refractivity contribution in [1.29, 1.82) is 0 Å². The van der Waals surface area contributed by atoms with E-state index in [4.69, 9.17) is 10.8 Å². The van der Waals surface area contributed by atoms with Gasteiger partial charge >= 0.3 is 5.97 Å². The molecule has 3 N–H and O–H groups in total. The third-order valence-corrected chi connectivity index (χ3v) is 3.84. The number of allylic oxidation sites excluding steroid dienone is 2. The maximum Gasteiger partial charge on any atom is 0.303 e. The van der Waals surface area contributed by atoms with Crippen LogP contribution in [0.25, 0.3) is 0 Å². The van der Waals surface area contributed by atoms with Crippen molar-refractivity contribution in [2.75, 3.05) is 6.54 Å². The molecule has 0 amide bonds. The van der Waals surface area contributed by atoms with Gasteiger partial charge in [0.05, 0.1) is 6.42 Å². The lowest BCUT2D eigenvalue weighted by Crippen LogP contribution is -2.51. The number of nitrogens with two attached hydrogens (primary N) is 1. The molecule has 3 heteroatoms. The van der Waals surface area contributed by atoms with Crippen LogP contribution in [0.3, 0.4) is 0 Å². The highest BCUT2D eigenvalue weighted by atomic mass is 16.4. The van der Waals surface area contributed by atoms with Gasteiger partial charge in [-0.2, -0.15) is 0 Å². The standard InChI is InChI=1S/C11H17NO2/c1-7-2-8-4-11(6-12,5-10(13)14)9(8)3-7/h3,8-9H,2,4-6,12H2,1H3,(H,13,14)/t8-,9+,11+/m0/s1. The van der Waals surface area contributed by atoms with Crippen molar-refractivity contribution >= 4 is 5.97 Å². The summed E-state index contributed by atoms with van der Waals surface area (Å²) in [7, 11) is 0. The molecule has 0 aromatic carbocycles. The lowest BCUT2D eigenvalue weighted by molar-refractivity contribution is -0.144. The van der Waals surface area contributed by atoms with Gasteiger partial charge in [-0.25, -0.2) is 0 Å². The van der Waals surface area contributed by atoms with Crippen LogP contribution >= 0.6 is 0 Å². The Kier molecular flexibility index (Phi) is 2.14. The van der Waals surface area contributed by atoms with E-state index in [-0.39, 0.29) is 11.8 Å². The molecular formula is C11H17NO2. The highest BCUT2D eigenvalue weighted by molar-refractivity contribution is 5.68. The van der Waals surface area contributed by atoms with E-state index < -0.39 is 5.97 Å². The van der Waals surface area contributed by atoms with Gasteiger partial charge in [-0.3, -0.25) is 4.79 Å². The third kappa shape index (κ3) is 1.27. The minimum absolute atomic E-state index is 0.131. The molecule has 0 spiro atoms. The van der Waals surface area contributed by atoms with Crippen LogP contribution in [0.4, 0.5) is 0 Å². The molecule has 1 fully saturated rings. The summed E-state index contributed by atoms with van der Waals surface area (Å²) in [4.78, 5) is 10.8. The molecule has 0 radical (unpaired) electrons. The van der Waals surface area contributed by atoms with Crippen LogP contribution in [0.5, 0.6) is 0 Å². The predicted octanol–water partition coefficient (Wildman–Crippen LogP) is 1.39. The van der Waals surface area contributed by atoms with E-state index in [1.807, 2.05) is 0 Å². The smallest absolute Gasteiger partial charge is 0.303 e. The molecule has 0 unspecified atom stereocenters. The van der Waals surface area contributed by atoms with E-state index in [1.165, 1.54) is 5.57 Å². The van der Waals surface area contributed by atoms with Crippen LogP contribution in [0.1, 0.15) is 26.2 Å². The van der Waals surface area contributed by atoms with Crippen LogP contribution < -0.4 is 5.73 Å². The molecule has 0 aromatic heterocycles. The molecule has 0 bridgehead atoms. The molecule has 3 nitrogen and oxygen atoms in total. The summed E-state index contributed by atoms with van der Waals surface area (Å²) in [5.41, 5.74) is 7.00. The van der Waals surface area contributed by atoms with Gasteiger partial charge in [0.2, 0.25) is 0 Å². The second-order valence-corrected chi connectivity index (χ2v) is 4.84. The van der Waals surface area contributed by atoms with Crippen molar-refractivity contribution in [3.63, 3.8) is 0 Å². The highest BCUT2D eigenvalue weighted by Crippen LogP contribution is 2.59. The van der Waals surface area contributed by atoms with Gasteiger partial charge in [0.15, 0.2) is 0 Å². The van der Waals surface area contributed by atoms with Crippen molar-refractivity contribution in [3.05, 3.63) is 11.6 Å². The van der Waals surface area contributed by atoms with Gasteiger partial charge in [-0.05, 0) is 43.6 Å². The van der Waals surface area contributed by atoms with Gasteiger partial charge < -0.3 is 10.8 Å². The first-order valence-electron chi connectivity index (χ1n) is 5.16. The summed E-state index contributed by atoms with van der Waals surface area (Å²) in [5.74, 6) is 0.397. The fourth-order valence-electron chi connectivity index (χ4n) is 3.21. The van der Waals surface area contributed by atoms with Gasteiger partial charge in [0, 0.05) is 0 Å². The Hall–Kier alpha value is -0.830. The van der Waals surface area contributed by atoms with E-state index in [1.54, 1.807) is 0 Å². The zero-order chi connectivity index (χ0) is 10.3. The lowest BCUT2D eigenvalue weighted by Gasteiger charge is -2.51. The highest BCUT2D eigenvalue weighted by Gasteiger charge is 2.54. The Bertz CT molecular complexity index is 298. The van der Waals surface area contributed by atoms with Crippen LogP contribution in [0.2, 0.25) is 0 Å². The van der Waals surface area contributed by atoms with Crippen LogP contribution in [0.15, 0.2) is 11.6 Å². The summed E-state index contributed by atoms with van der Waals surface area (Å²) >= 11 is 0. The first-order chi connectivity index (χ1) is 6.57. The van der Waals surface area contributed by atoms with E-state index in [9.17, 15) is 4.79 Å². The number of hydrogen-bond acceptors (Lipinski definition) is 2. The maximum atomic E-state index is 10.8. The van der Waals surface area contributed by atoms with Crippen molar-refractivity contribution in [2.45, 2.75) is 26.2 Å². The molecule has 0 heterocycles. The van der Waals surface area contributed by atoms with Crippen molar-refractivity contribution in [1.82, 2.24) is 0 Å². The molecule has 2 rings (SSSR count). The van der Waals surface area contributed by atoms with E-state index in [0.717, 1.165) is 12.8 Å². The molecule has 3 atom stereocenters. The molecule has 1 saturated carbocycles. The van der Waals surface area contributed by atoms with Gasteiger partial charge in [0.25, 0.3) is 0 Å². The number of aliphatic carboxylic acids is 1. The summed E-state index contributed by atoms with van der Waals surface area (Å²) in [6.45, 7) is 2.63. The van der Waals surface area contributed by atoms with Crippen molar-refractivity contribution in [3.8, 4) is 0 Å². The number of rotatable bonds is 3. The summed E-state index contributed by atoms with van der Waals surface area (Å²) in [6.07, 6.45) is 4.61. The molecule has 14 heavy (non-hydrogen) atoms. The molecule has 2 aliphatic rings. The minimum atomic E-state index is -0.716. The molecule has 78 valence electrons. The first kappa shape index (κ1) is 9.71. The fourth-order valence-corrected chi connectivity index (χ4v) is 3.21. The molecule has 2 aliphatic carbocycles. The first-order valence-corrected chi connectivity index (χ1v) is 5.16. The number of carbonyl (C=O) groups is 1. The van der Waals surface area contributed by atoms with E-state index in [2.05, 4.69) is 13.0 Å². The van der Waals surface area contributed by atoms with E-state index in [0.29, 0.717) is 18.4 Å². The van der Waals surface area contributed by atoms with Crippen LogP contribution in [-0.4, -0.2) is 17.6 Å². The summed E-state index contributed by atoms with van der Waals surface area (Å²) in [5, 5.41) is 8.85. The minimum Gasteiger partial charge on any atom is -0.481 e. The van der Waals surface area contributed by atoms with Crippen LogP contribution in [-0.2, 0) is 4.79 Å². The number of fused-ring (bicyclic) bond motifs is 1. The molecule has 0 aromatic rings. The largest absolute Gasteiger partial charge is 0.481 e. The predicted molar refractivity (Wildman–Crippen MR) is 53.7 cm³/mol. The fraction of sp³-hybridized carbons (Fsp3) is 0.727. The SMILES string of the molecule is CC1=C[C@@H]2[C@@H](C1)C[C@]2(CN)CC(=O)O. The molecule has 0 aliphatic heterocycles. The topological polar surface area (TPSA) is 63.3 Å². The normalized spacial score (nSPS) is 40.0. The monoisotopic (exact) mass is 195 g/mol. The average Bonchev–Trinajstić information content (AvgIpc) is 2.39. The lowest BCUT2D eigenvalue weighted by atomic mass is 9.53. The average molecular weight is 195 g/mol. The van der Waals surface area contributed by atoms with Gasteiger partial charge in [-0.15, -0.1) is 0 Å². The van der Waals surface area contributed by atoms with Crippen molar-refractivity contribution < 1.29 is 9.90 Å². The van der Waals surface area contributed by atoms with E-state index >= 15 is 0 Å². The summed E-state index contributed by atoms with van der Waals surface area (Å²) < 4.78 is 0. The second kappa shape index (κ2) is 3.09. The molecular weight excluding hydrogens is 178 g/mol. The second-order valence-electron chi connectivity index (χ2n) is 4.84. The third-order valence-electron chi connectivity index (χ3n) is 3.84. The zero-order valence-corrected chi connectivity index (χ0v) is 8.49. The zero-order valence-electron chi connectivity index (χ0n) is 8.49. The number of hydrogen-bond donors (Lipinski definition) is 2. The number of carboxylic acids is 1. The molecule has 0 saturated heterocycles. The Morgan fingerprint density at radius 2 is 2.50 bits per heavy atom. The maximum absolute atomic E-state index is 10.8. The van der Waals surface area contributed by atoms with Gasteiger partial charge in [-0.1, -0.05) is 11.6 Å². The number of carboxylic acid groups (broad SMARTS) is 1. The Labute approximate surface area is 84.0 Å². The Balaban J connectivity index is 2.13. The van der Waals surface area contributed by atoms with Crippen LogP contribution in [0, 0.1) is 17.3 Å². The quantitative estimate of drug-likeness (QED) is 0.669. The van der Waals surface area contributed by atoms with Crippen molar-refractivity contribution in [2.24, 2.45) is 23.0 Å². The Morgan fingerprint density at radius 3 is 3.00 bits per heavy atom. The van der Waals surface area contributed by atoms with Gasteiger partial charge in [0.1, 0.15) is 0 Å². The summed E-state index contributed by atoms with van der Waals surface area (Å²) in [6, 6.07) is 0.